The van der Waals surface area contributed by atoms with Crippen molar-refractivity contribution >= 4 is 22.6 Å². The lowest BCUT2D eigenvalue weighted by Crippen LogP contribution is -2.18. The Kier molecular flexibility index (Phi) is 2.32. The van der Waals surface area contributed by atoms with Crippen LogP contribution < -0.4 is 5.32 Å². The summed E-state index contributed by atoms with van der Waals surface area (Å²) in [6.07, 6.45) is 4.82. The first-order chi connectivity index (χ1) is 9.79. The summed E-state index contributed by atoms with van der Waals surface area (Å²) in [6.45, 7) is 0. The zero-order valence-corrected chi connectivity index (χ0v) is 10.7. The molecule has 0 atom stereocenters. The summed E-state index contributed by atoms with van der Waals surface area (Å²) in [7, 11) is 0. The fraction of sp³-hybridized carbons (Fsp3) is 0.133. The molecule has 3 heterocycles. The van der Waals surface area contributed by atoms with E-state index < -0.39 is 0 Å². The first-order valence-corrected chi connectivity index (χ1v) is 6.52. The molecule has 1 aromatic carbocycles. The number of H-pyrrole nitrogens is 1. The van der Waals surface area contributed by atoms with E-state index in [2.05, 4.69) is 26.3 Å². The summed E-state index contributed by atoms with van der Waals surface area (Å²) < 4.78 is 0. The maximum atomic E-state index is 11.4. The van der Waals surface area contributed by atoms with Crippen LogP contribution in [0.5, 0.6) is 0 Å². The molecule has 5 heteroatoms. The first-order valence-electron chi connectivity index (χ1n) is 6.52. The van der Waals surface area contributed by atoms with Crippen LogP contribution in [0, 0.1) is 0 Å². The number of rotatable bonds is 1. The molecule has 2 N–H and O–H groups in total. The van der Waals surface area contributed by atoms with Gasteiger partial charge in [0.25, 0.3) is 0 Å². The topological polar surface area (TPSA) is 70.7 Å². The van der Waals surface area contributed by atoms with Gasteiger partial charge in [0.2, 0.25) is 5.91 Å². The highest BCUT2D eigenvalue weighted by Gasteiger charge is 2.16. The van der Waals surface area contributed by atoms with E-state index in [1.54, 1.807) is 12.4 Å². The number of nitrogens with one attached hydrogen (secondary N) is 2. The molecule has 0 spiro atoms. The molecule has 0 fully saturated rings. The molecule has 98 valence electrons. The number of aromatic amines is 1. The molecule has 0 bridgehead atoms. The molecule has 20 heavy (non-hydrogen) atoms. The van der Waals surface area contributed by atoms with Crippen LogP contribution >= 0.6 is 0 Å². The van der Waals surface area contributed by atoms with Crippen molar-refractivity contribution in [3.63, 3.8) is 0 Å². The Morgan fingerprint density at radius 2 is 2.10 bits per heavy atom. The van der Waals surface area contributed by atoms with Gasteiger partial charge in [-0.1, -0.05) is 0 Å². The SMILES string of the molecule is O=C1CCc2cc(-c3nc4ccncc4[nH]3)ccc2N1. The number of benzene rings is 1. The molecule has 0 saturated carbocycles. The zero-order valence-electron chi connectivity index (χ0n) is 10.7. The highest BCUT2D eigenvalue weighted by atomic mass is 16.1. The number of nitrogens with zero attached hydrogens (tertiary/aromatic N) is 2. The van der Waals surface area contributed by atoms with E-state index in [4.69, 9.17) is 0 Å². The molecular formula is C15H12N4O. The van der Waals surface area contributed by atoms with Gasteiger partial charge in [0, 0.05) is 23.9 Å². The van der Waals surface area contributed by atoms with Gasteiger partial charge in [0.1, 0.15) is 5.82 Å². The smallest absolute Gasteiger partial charge is 0.224 e. The second-order valence-electron chi connectivity index (χ2n) is 4.90. The average molecular weight is 264 g/mol. The van der Waals surface area contributed by atoms with Crippen LogP contribution in [0.25, 0.3) is 22.4 Å². The van der Waals surface area contributed by atoms with Crippen molar-refractivity contribution in [2.24, 2.45) is 0 Å². The average Bonchev–Trinajstić information content (AvgIpc) is 2.90. The number of amides is 1. The van der Waals surface area contributed by atoms with E-state index in [0.717, 1.165) is 40.1 Å². The van der Waals surface area contributed by atoms with Gasteiger partial charge in [-0.25, -0.2) is 4.98 Å². The minimum absolute atomic E-state index is 0.0834. The van der Waals surface area contributed by atoms with Crippen molar-refractivity contribution < 1.29 is 4.79 Å². The van der Waals surface area contributed by atoms with Crippen molar-refractivity contribution in [2.75, 3.05) is 5.32 Å². The molecule has 0 unspecified atom stereocenters. The molecule has 5 nitrogen and oxygen atoms in total. The van der Waals surface area contributed by atoms with Gasteiger partial charge in [-0.2, -0.15) is 0 Å². The number of pyridine rings is 1. The molecule has 2 aromatic heterocycles. The maximum absolute atomic E-state index is 11.4. The minimum Gasteiger partial charge on any atom is -0.337 e. The molecule has 1 aliphatic heterocycles. The second-order valence-corrected chi connectivity index (χ2v) is 4.90. The van der Waals surface area contributed by atoms with Crippen molar-refractivity contribution in [1.29, 1.82) is 0 Å². The third-order valence-corrected chi connectivity index (χ3v) is 3.56. The fourth-order valence-electron chi connectivity index (χ4n) is 2.52. The van der Waals surface area contributed by atoms with Gasteiger partial charge in [-0.05, 0) is 36.2 Å². The van der Waals surface area contributed by atoms with Crippen LogP contribution in [0.3, 0.4) is 0 Å². The zero-order chi connectivity index (χ0) is 13.5. The molecule has 3 aromatic rings. The van der Waals surface area contributed by atoms with Crippen molar-refractivity contribution in [1.82, 2.24) is 15.0 Å². The molecule has 4 rings (SSSR count). The van der Waals surface area contributed by atoms with Crippen LogP contribution in [0.15, 0.2) is 36.7 Å². The number of imidazole rings is 1. The Morgan fingerprint density at radius 3 is 3.00 bits per heavy atom. The number of carbonyl (C=O) groups is 1. The highest BCUT2D eigenvalue weighted by molar-refractivity contribution is 5.94. The molecule has 1 aliphatic rings. The Balaban J connectivity index is 1.80. The van der Waals surface area contributed by atoms with E-state index in [1.807, 2.05) is 18.2 Å². The monoisotopic (exact) mass is 264 g/mol. The summed E-state index contributed by atoms with van der Waals surface area (Å²) in [5, 5.41) is 2.89. The Bertz CT molecular complexity index is 789. The van der Waals surface area contributed by atoms with E-state index in [9.17, 15) is 4.79 Å². The number of aromatic nitrogens is 3. The second kappa shape index (κ2) is 4.16. The molecule has 0 aliphatic carbocycles. The molecular weight excluding hydrogens is 252 g/mol. The number of hydrogen-bond acceptors (Lipinski definition) is 3. The highest BCUT2D eigenvalue weighted by Crippen LogP contribution is 2.28. The molecule has 1 amide bonds. The number of fused-ring (bicyclic) bond motifs is 2. The van der Waals surface area contributed by atoms with Crippen LogP contribution in [-0.4, -0.2) is 20.9 Å². The van der Waals surface area contributed by atoms with E-state index in [1.165, 1.54) is 0 Å². The van der Waals surface area contributed by atoms with Gasteiger partial charge in [0.15, 0.2) is 0 Å². The van der Waals surface area contributed by atoms with Gasteiger partial charge in [0.05, 0.1) is 17.2 Å². The minimum atomic E-state index is 0.0834. The summed E-state index contributed by atoms with van der Waals surface area (Å²) in [4.78, 5) is 23.3. The summed E-state index contributed by atoms with van der Waals surface area (Å²) >= 11 is 0. The Morgan fingerprint density at radius 1 is 1.15 bits per heavy atom. The van der Waals surface area contributed by atoms with Crippen LogP contribution in [0.4, 0.5) is 5.69 Å². The summed E-state index contributed by atoms with van der Waals surface area (Å²) in [6, 6.07) is 7.87. The summed E-state index contributed by atoms with van der Waals surface area (Å²) in [5.41, 5.74) is 4.91. The molecule has 0 radical (unpaired) electrons. The fourth-order valence-corrected chi connectivity index (χ4v) is 2.52. The first kappa shape index (κ1) is 11.2. The van der Waals surface area contributed by atoms with Crippen LogP contribution in [-0.2, 0) is 11.2 Å². The van der Waals surface area contributed by atoms with Gasteiger partial charge in [-0.3, -0.25) is 9.78 Å². The van der Waals surface area contributed by atoms with E-state index >= 15 is 0 Å². The Labute approximate surface area is 115 Å². The van der Waals surface area contributed by atoms with Crippen LogP contribution in [0.1, 0.15) is 12.0 Å². The van der Waals surface area contributed by atoms with Crippen LogP contribution in [0.2, 0.25) is 0 Å². The predicted octanol–water partition coefficient (Wildman–Crippen LogP) is 2.51. The largest absolute Gasteiger partial charge is 0.337 e. The lowest BCUT2D eigenvalue weighted by molar-refractivity contribution is -0.116. The third kappa shape index (κ3) is 1.75. The normalized spacial score (nSPS) is 14.1. The van der Waals surface area contributed by atoms with Gasteiger partial charge >= 0.3 is 0 Å². The van der Waals surface area contributed by atoms with E-state index in [-0.39, 0.29) is 5.91 Å². The summed E-state index contributed by atoms with van der Waals surface area (Å²) in [5.74, 6) is 0.910. The van der Waals surface area contributed by atoms with Gasteiger partial charge in [-0.15, -0.1) is 0 Å². The van der Waals surface area contributed by atoms with Crippen molar-refractivity contribution in [3.05, 3.63) is 42.2 Å². The number of aryl methyl sites for hydroxylation is 1. The molecule has 0 saturated heterocycles. The number of anilines is 1. The van der Waals surface area contributed by atoms with Gasteiger partial charge < -0.3 is 10.3 Å². The quantitative estimate of drug-likeness (QED) is 0.709. The standard InChI is InChI=1S/C15H12N4O/c20-14-4-2-9-7-10(1-3-11(9)17-14)15-18-12-5-6-16-8-13(12)19-15/h1,3,5-8H,2,4H2,(H,17,20)(H,18,19). The predicted molar refractivity (Wildman–Crippen MR) is 76.3 cm³/mol. The number of hydrogen-bond donors (Lipinski definition) is 2. The Hall–Kier alpha value is -2.69. The van der Waals surface area contributed by atoms with Crippen molar-refractivity contribution in [2.45, 2.75) is 12.8 Å². The number of carbonyl (C=O) groups excluding carboxylic acids is 1. The van der Waals surface area contributed by atoms with E-state index in [0.29, 0.717) is 6.42 Å². The lowest BCUT2D eigenvalue weighted by Gasteiger charge is -2.17. The lowest BCUT2D eigenvalue weighted by atomic mass is 10.0. The maximum Gasteiger partial charge on any atom is 0.224 e. The third-order valence-electron chi connectivity index (χ3n) is 3.56. The van der Waals surface area contributed by atoms with Crippen molar-refractivity contribution in [3.8, 4) is 11.4 Å².